The Hall–Kier alpha value is -0.460. The molecule has 4 heteroatoms. The molecule has 0 radical (unpaired) electrons. The zero-order valence-corrected chi connectivity index (χ0v) is 15.1. The molecule has 106 valence electrons. The van der Waals surface area contributed by atoms with E-state index in [2.05, 4.69) is 69.0 Å². The van der Waals surface area contributed by atoms with Gasteiger partial charge in [-0.05, 0) is 81.7 Å². The van der Waals surface area contributed by atoms with Gasteiger partial charge in [0.2, 0.25) is 0 Å². The minimum atomic E-state index is -0.212. The number of hydrogen-bond acceptors (Lipinski definition) is 1. The molecule has 0 saturated carbocycles. The quantitative estimate of drug-likeness (QED) is 0.650. The second-order valence-corrected chi connectivity index (χ2v) is 6.61. The van der Waals surface area contributed by atoms with Crippen LogP contribution in [0.5, 0.6) is 0 Å². The van der Waals surface area contributed by atoms with Gasteiger partial charge >= 0.3 is 0 Å². The molecule has 0 aromatic heterocycles. The molecular weight excluding hydrogens is 432 g/mol. The zero-order valence-electron chi connectivity index (χ0n) is 11.4. The van der Waals surface area contributed by atoms with Crippen LogP contribution in [0.3, 0.4) is 0 Å². The fourth-order valence-electron chi connectivity index (χ4n) is 2.23. The molecule has 2 rings (SSSR count). The van der Waals surface area contributed by atoms with E-state index in [1.807, 2.05) is 13.1 Å². The van der Waals surface area contributed by atoms with Gasteiger partial charge in [-0.25, -0.2) is 4.39 Å². The number of hydrogen-bond donors (Lipinski definition) is 1. The first kappa shape index (κ1) is 15.9. The molecule has 1 unspecified atom stereocenters. The minimum absolute atomic E-state index is 0.167. The summed E-state index contributed by atoms with van der Waals surface area (Å²) in [6, 6.07) is 11.7. The van der Waals surface area contributed by atoms with Crippen molar-refractivity contribution in [3.63, 3.8) is 0 Å². The maximum atomic E-state index is 13.6. The number of halogens is 3. The van der Waals surface area contributed by atoms with Crippen LogP contribution in [-0.2, 0) is 6.42 Å². The lowest BCUT2D eigenvalue weighted by molar-refractivity contribution is 0.578. The van der Waals surface area contributed by atoms with E-state index < -0.39 is 0 Å². The SMILES string of the molecule is CNC(Cc1cccc(F)c1Br)c1cccc(C)c1I. The van der Waals surface area contributed by atoms with Gasteiger partial charge in [0.1, 0.15) is 5.82 Å². The highest BCUT2D eigenvalue weighted by atomic mass is 127. The molecule has 0 aliphatic carbocycles. The number of aryl methyl sites for hydroxylation is 1. The van der Waals surface area contributed by atoms with Gasteiger partial charge in [-0.2, -0.15) is 0 Å². The first-order valence-corrected chi connectivity index (χ1v) is 8.27. The maximum absolute atomic E-state index is 13.6. The molecule has 1 nitrogen and oxygen atoms in total. The van der Waals surface area contributed by atoms with Crippen molar-refractivity contribution in [2.24, 2.45) is 0 Å². The van der Waals surface area contributed by atoms with E-state index in [1.54, 1.807) is 6.07 Å². The van der Waals surface area contributed by atoms with Crippen molar-refractivity contribution < 1.29 is 4.39 Å². The van der Waals surface area contributed by atoms with E-state index in [4.69, 9.17) is 0 Å². The van der Waals surface area contributed by atoms with E-state index in [0.717, 1.165) is 12.0 Å². The van der Waals surface area contributed by atoms with Crippen molar-refractivity contribution in [3.8, 4) is 0 Å². The third-order valence-corrected chi connectivity index (χ3v) is 5.76. The van der Waals surface area contributed by atoms with Crippen molar-refractivity contribution in [2.45, 2.75) is 19.4 Å². The van der Waals surface area contributed by atoms with Crippen molar-refractivity contribution in [1.82, 2.24) is 5.32 Å². The summed E-state index contributed by atoms with van der Waals surface area (Å²) in [5.41, 5.74) is 3.49. The molecule has 20 heavy (non-hydrogen) atoms. The van der Waals surface area contributed by atoms with Crippen LogP contribution in [0.15, 0.2) is 40.9 Å². The predicted octanol–water partition coefficient (Wildman–Crippen LogP) is 5.00. The summed E-state index contributed by atoms with van der Waals surface area (Å²) < 4.78 is 15.4. The van der Waals surface area contributed by atoms with Gasteiger partial charge in [-0.3, -0.25) is 0 Å². The van der Waals surface area contributed by atoms with Crippen LogP contribution in [-0.4, -0.2) is 7.05 Å². The Labute approximate surface area is 141 Å². The normalized spacial score (nSPS) is 12.4. The summed E-state index contributed by atoms with van der Waals surface area (Å²) in [7, 11) is 1.94. The Morgan fingerprint density at radius 1 is 1.25 bits per heavy atom. The molecule has 0 amide bonds. The monoisotopic (exact) mass is 447 g/mol. The van der Waals surface area contributed by atoms with E-state index in [1.165, 1.54) is 20.8 Å². The zero-order chi connectivity index (χ0) is 14.7. The van der Waals surface area contributed by atoms with Gasteiger partial charge in [0, 0.05) is 9.61 Å². The van der Waals surface area contributed by atoms with Gasteiger partial charge in [-0.15, -0.1) is 0 Å². The van der Waals surface area contributed by atoms with Gasteiger partial charge in [0.15, 0.2) is 0 Å². The summed E-state index contributed by atoms with van der Waals surface area (Å²) in [5.74, 6) is -0.212. The average molecular weight is 448 g/mol. The number of likely N-dealkylation sites (N-methyl/N-ethyl adjacent to an activating group) is 1. The Bertz CT molecular complexity index is 615. The Morgan fingerprint density at radius 2 is 1.95 bits per heavy atom. The van der Waals surface area contributed by atoms with Crippen molar-refractivity contribution >= 4 is 38.5 Å². The predicted molar refractivity (Wildman–Crippen MR) is 93.5 cm³/mol. The average Bonchev–Trinajstić information content (AvgIpc) is 2.44. The Balaban J connectivity index is 2.34. The van der Waals surface area contributed by atoms with Crippen molar-refractivity contribution in [1.29, 1.82) is 0 Å². The summed E-state index contributed by atoms with van der Waals surface area (Å²) in [5, 5.41) is 3.33. The number of benzene rings is 2. The second kappa shape index (κ2) is 7.00. The van der Waals surface area contributed by atoms with Gasteiger partial charge in [0.05, 0.1) is 4.47 Å². The summed E-state index contributed by atoms with van der Waals surface area (Å²) in [6.07, 6.45) is 0.744. The highest BCUT2D eigenvalue weighted by Gasteiger charge is 2.16. The highest BCUT2D eigenvalue weighted by molar-refractivity contribution is 14.1. The fraction of sp³-hybridized carbons (Fsp3) is 0.250. The van der Waals surface area contributed by atoms with Crippen molar-refractivity contribution in [3.05, 3.63) is 66.9 Å². The standard InChI is InChI=1S/C16H16BrFIN/c1-10-5-3-7-12(16(10)19)14(20-2)9-11-6-4-8-13(18)15(11)17/h3-8,14,20H,9H2,1-2H3. The lowest BCUT2D eigenvalue weighted by atomic mass is 9.97. The lowest BCUT2D eigenvalue weighted by Gasteiger charge is -2.20. The van der Waals surface area contributed by atoms with Gasteiger partial charge < -0.3 is 5.32 Å². The first-order valence-electron chi connectivity index (χ1n) is 6.39. The topological polar surface area (TPSA) is 12.0 Å². The highest BCUT2D eigenvalue weighted by Crippen LogP contribution is 2.29. The largest absolute Gasteiger partial charge is 0.313 e. The molecule has 0 spiro atoms. The third-order valence-electron chi connectivity index (χ3n) is 3.40. The van der Waals surface area contributed by atoms with Crippen LogP contribution >= 0.6 is 38.5 Å². The number of nitrogens with one attached hydrogen (secondary N) is 1. The molecule has 0 fully saturated rings. The first-order chi connectivity index (χ1) is 9.54. The third kappa shape index (κ3) is 3.40. The van der Waals surface area contributed by atoms with Crippen LogP contribution in [0.1, 0.15) is 22.7 Å². The molecule has 0 saturated heterocycles. The smallest absolute Gasteiger partial charge is 0.137 e. The van der Waals surface area contributed by atoms with E-state index in [0.29, 0.717) is 4.47 Å². The van der Waals surface area contributed by atoms with Crippen LogP contribution in [0.4, 0.5) is 4.39 Å². The van der Waals surface area contributed by atoms with Crippen LogP contribution < -0.4 is 5.32 Å². The maximum Gasteiger partial charge on any atom is 0.137 e. The van der Waals surface area contributed by atoms with Gasteiger partial charge in [0.25, 0.3) is 0 Å². The summed E-state index contributed by atoms with van der Waals surface area (Å²) in [6.45, 7) is 2.11. The molecular formula is C16H16BrFIN. The fourth-order valence-corrected chi connectivity index (χ4v) is 3.39. The molecule has 0 heterocycles. The summed E-state index contributed by atoms with van der Waals surface area (Å²) >= 11 is 5.71. The minimum Gasteiger partial charge on any atom is -0.313 e. The molecule has 2 aromatic rings. The molecule has 0 bridgehead atoms. The van der Waals surface area contributed by atoms with E-state index in [9.17, 15) is 4.39 Å². The van der Waals surface area contributed by atoms with Gasteiger partial charge in [-0.1, -0.05) is 30.3 Å². The summed E-state index contributed by atoms with van der Waals surface area (Å²) in [4.78, 5) is 0. The molecule has 1 N–H and O–H groups in total. The molecule has 2 aromatic carbocycles. The Morgan fingerprint density at radius 3 is 2.65 bits per heavy atom. The van der Waals surface area contributed by atoms with Crippen molar-refractivity contribution in [2.75, 3.05) is 7.05 Å². The van der Waals surface area contributed by atoms with Crippen LogP contribution in [0, 0.1) is 16.3 Å². The van der Waals surface area contributed by atoms with E-state index >= 15 is 0 Å². The lowest BCUT2D eigenvalue weighted by Crippen LogP contribution is -2.20. The molecule has 0 aliphatic rings. The second-order valence-electron chi connectivity index (χ2n) is 4.74. The molecule has 0 aliphatic heterocycles. The molecule has 1 atom stereocenters. The Kier molecular flexibility index (Phi) is 5.57. The van der Waals surface area contributed by atoms with Crippen LogP contribution in [0.25, 0.3) is 0 Å². The number of rotatable bonds is 4. The van der Waals surface area contributed by atoms with E-state index in [-0.39, 0.29) is 11.9 Å². The van der Waals surface area contributed by atoms with Crippen LogP contribution in [0.2, 0.25) is 0 Å².